The van der Waals surface area contributed by atoms with Crippen molar-refractivity contribution in [1.82, 2.24) is 20.1 Å². The van der Waals surface area contributed by atoms with Gasteiger partial charge >= 0.3 is 6.09 Å². The number of pyridine rings is 1. The highest BCUT2D eigenvalue weighted by Gasteiger charge is 2.29. The number of amides is 2. The van der Waals surface area contributed by atoms with E-state index >= 15 is 0 Å². The lowest BCUT2D eigenvalue weighted by Crippen LogP contribution is -2.43. The Hall–Kier alpha value is -2.90. The van der Waals surface area contributed by atoms with Crippen molar-refractivity contribution in [3.8, 4) is 11.3 Å². The average Bonchev–Trinajstić information content (AvgIpc) is 3.10. The molecule has 1 aliphatic heterocycles. The minimum Gasteiger partial charge on any atom is -0.453 e. The normalized spacial score (nSPS) is 17.4. The largest absolute Gasteiger partial charge is 0.453 e. The van der Waals surface area contributed by atoms with E-state index in [-0.39, 0.29) is 11.8 Å². The molecule has 0 radical (unpaired) electrons. The highest BCUT2D eigenvalue weighted by atomic mass is 16.5. The van der Waals surface area contributed by atoms with Crippen LogP contribution >= 0.6 is 0 Å². The molecule has 0 spiro atoms. The molecule has 1 atom stereocenters. The maximum absolute atomic E-state index is 12.4. The Balaban J connectivity index is 1.63. The van der Waals surface area contributed by atoms with Crippen LogP contribution in [0.15, 0.2) is 30.6 Å². The van der Waals surface area contributed by atoms with E-state index in [0.29, 0.717) is 18.9 Å². The van der Waals surface area contributed by atoms with Gasteiger partial charge in [0.05, 0.1) is 18.7 Å². The fourth-order valence-electron chi connectivity index (χ4n) is 2.78. The Kier molecular flexibility index (Phi) is 4.74. The number of H-pyrrole nitrogens is 1. The van der Waals surface area contributed by atoms with Crippen molar-refractivity contribution >= 4 is 17.8 Å². The van der Waals surface area contributed by atoms with Crippen LogP contribution in [-0.4, -0.2) is 52.3 Å². The third kappa shape index (κ3) is 3.53. The number of hydrogen-bond acceptors (Lipinski definition) is 5. The summed E-state index contributed by atoms with van der Waals surface area (Å²) in [5.74, 6) is 0.0531. The molecule has 8 heteroatoms. The summed E-state index contributed by atoms with van der Waals surface area (Å²) in [5.41, 5.74) is 1.74. The first-order valence-electron chi connectivity index (χ1n) is 7.77. The summed E-state index contributed by atoms with van der Waals surface area (Å²) in [4.78, 5) is 29.5. The van der Waals surface area contributed by atoms with E-state index in [4.69, 9.17) is 4.74 Å². The SMILES string of the molecule is COC(=O)N1CCCC(C(=O)Nc2cc(-c3ccncc3)[nH]n2)C1. The van der Waals surface area contributed by atoms with Crippen LogP contribution in [-0.2, 0) is 9.53 Å². The van der Waals surface area contributed by atoms with Gasteiger partial charge in [0.2, 0.25) is 5.91 Å². The van der Waals surface area contributed by atoms with E-state index in [1.54, 1.807) is 23.4 Å². The molecule has 24 heavy (non-hydrogen) atoms. The van der Waals surface area contributed by atoms with E-state index in [0.717, 1.165) is 24.1 Å². The van der Waals surface area contributed by atoms with E-state index in [1.807, 2.05) is 12.1 Å². The van der Waals surface area contributed by atoms with Gasteiger partial charge in [0.25, 0.3) is 0 Å². The summed E-state index contributed by atoms with van der Waals surface area (Å²) in [6.07, 6.45) is 4.50. The van der Waals surface area contributed by atoms with Gasteiger partial charge in [-0.25, -0.2) is 4.79 Å². The van der Waals surface area contributed by atoms with E-state index < -0.39 is 6.09 Å². The number of nitrogens with one attached hydrogen (secondary N) is 2. The number of likely N-dealkylation sites (tertiary alicyclic amines) is 1. The lowest BCUT2D eigenvalue weighted by molar-refractivity contribution is -0.121. The Morgan fingerprint density at radius 3 is 2.92 bits per heavy atom. The van der Waals surface area contributed by atoms with Gasteiger partial charge in [0.1, 0.15) is 0 Å². The fraction of sp³-hybridized carbons (Fsp3) is 0.375. The molecule has 8 nitrogen and oxygen atoms in total. The number of aromatic amines is 1. The Labute approximate surface area is 139 Å². The summed E-state index contributed by atoms with van der Waals surface area (Å²) in [7, 11) is 1.34. The van der Waals surface area contributed by atoms with Gasteiger partial charge < -0.3 is 15.0 Å². The second-order valence-electron chi connectivity index (χ2n) is 5.65. The number of piperidine rings is 1. The lowest BCUT2D eigenvalue weighted by atomic mass is 9.97. The molecule has 3 heterocycles. The zero-order valence-electron chi connectivity index (χ0n) is 13.4. The topological polar surface area (TPSA) is 100 Å². The Bertz CT molecular complexity index is 716. The van der Waals surface area contributed by atoms with Crippen LogP contribution in [0.4, 0.5) is 10.6 Å². The monoisotopic (exact) mass is 329 g/mol. The molecule has 0 bridgehead atoms. The highest BCUT2D eigenvalue weighted by molar-refractivity contribution is 5.92. The molecule has 3 rings (SSSR count). The second-order valence-corrected chi connectivity index (χ2v) is 5.65. The number of carbonyl (C=O) groups is 2. The first-order chi connectivity index (χ1) is 11.7. The van der Waals surface area contributed by atoms with Gasteiger partial charge in [-0.05, 0) is 25.0 Å². The molecule has 0 saturated carbocycles. The maximum Gasteiger partial charge on any atom is 0.409 e. The summed E-state index contributed by atoms with van der Waals surface area (Å²) in [5, 5.41) is 9.81. The second kappa shape index (κ2) is 7.12. The van der Waals surface area contributed by atoms with E-state index in [9.17, 15) is 9.59 Å². The van der Waals surface area contributed by atoms with Crippen LogP contribution in [0.5, 0.6) is 0 Å². The quantitative estimate of drug-likeness (QED) is 0.895. The summed E-state index contributed by atoms with van der Waals surface area (Å²) in [6.45, 7) is 0.977. The van der Waals surface area contributed by atoms with E-state index in [1.165, 1.54) is 7.11 Å². The highest BCUT2D eigenvalue weighted by Crippen LogP contribution is 2.21. The molecule has 1 saturated heterocycles. The summed E-state index contributed by atoms with van der Waals surface area (Å²) < 4.78 is 4.72. The predicted octanol–water partition coefficient (Wildman–Crippen LogP) is 1.89. The number of aromatic nitrogens is 3. The smallest absolute Gasteiger partial charge is 0.409 e. The molecule has 0 aliphatic carbocycles. The van der Waals surface area contributed by atoms with E-state index in [2.05, 4.69) is 20.5 Å². The number of methoxy groups -OCH3 is 1. The van der Waals surface area contributed by atoms with Crippen LogP contribution in [0.2, 0.25) is 0 Å². The molecule has 1 aliphatic rings. The lowest BCUT2D eigenvalue weighted by Gasteiger charge is -2.30. The van der Waals surface area contributed by atoms with Gasteiger partial charge in [-0.1, -0.05) is 0 Å². The molecule has 2 aromatic heterocycles. The van der Waals surface area contributed by atoms with Crippen LogP contribution in [0.1, 0.15) is 12.8 Å². The van der Waals surface area contributed by atoms with Crippen molar-refractivity contribution in [3.63, 3.8) is 0 Å². The van der Waals surface area contributed by atoms with Crippen LogP contribution in [0.25, 0.3) is 11.3 Å². The van der Waals surface area contributed by atoms with Crippen molar-refractivity contribution in [2.24, 2.45) is 5.92 Å². The van der Waals surface area contributed by atoms with Gasteiger partial charge in [-0.3, -0.25) is 14.9 Å². The molecule has 1 fully saturated rings. The molecule has 2 aromatic rings. The van der Waals surface area contributed by atoms with Crippen molar-refractivity contribution in [2.45, 2.75) is 12.8 Å². The van der Waals surface area contributed by atoms with Crippen molar-refractivity contribution < 1.29 is 14.3 Å². The third-order valence-electron chi connectivity index (χ3n) is 4.05. The van der Waals surface area contributed by atoms with Gasteiger partial charge in [-0.15, -0.1) is 0 Å². The number of hydrogen-bond donors (Lipinski definition) is 2. The van der Waals surface area contributed by atoms with Crippen molar-refractivity contribution in [3.05, 3.63) is 30.6 Å². The number of rotatable bonds is 3. The summed E-state index contributed by atoms with van der Waals surface area (Å²) >= 11 is 0. The number of anilines is 1. The van der Waals surface area contributed by atoms with Gasteiger partial charge in [-0.2, -0.15) is 5.10 Å². The number of nitrogens with zero attached hydrogens (tertiary/aromatic N) is 3. The molecule has 0 aromatic carbocycles. The van der Waals surface area contributed by atoms with Crippen LogP contribution in [0.3, 0.4) is 0 Å². The average molecular weight is 329 g/mol. The zero-order valence-corrected chi connectivity index (χ0v) is 13.4. The minimum absolute atomic E-state index is 0.142. The molecule has 2 N–H and O–H groups in total. The molecular formula is C16H19N5O3. The molecule has 1 unspecified atom stereocenters. The molecule has 126 valence electrons. The fourth-order valence-corrected chi connectivity index (χ4v) is 2.78. The first-order valence-corrected chi connectivity index (χ1v) is 7.77. The van der Waals surface area contributed by atoms with Crippen molar-refractivity contribution in [2.75, 3.05) is 25.5 Å². The number of ether oxygens (including phenoxy) is 1. The zero-order chi connectivity index (χ0) is 16.9. The molecular weight excluding hydrogens is 310 g/mol. The maximum atomic E-state index is 12.4. The van der Waals surface area contributed by atoms with Crippen molar-refractivity contribution in [1.29, 1.82) is 0 Å². The minimum atomic E-state index is -0.396. The van der Waals surface area contributed by atoms with Crippen LogP contribution < -0.4 is 5.32 Å². The van der Waals surface area contributed by atoms with Gasteiger partial charge in [0, 0.05) is 37.1 Å². The number of carbonyl (C=O) groups excluding carboxylic acids is 2. The molecule has 2 amide bonds. The standard InChI is InChI=1S/C16H19N5O3/c1-24-16(23)21-8-2-3-12(10-21)15(22)18-14-9-13(19-20-14)11-4-6-17-7-5-11/h4-7,9,12H,2-3,8,10H2,1H3,(H2,18,19,20,22). The first kappa shape index (κ1) is 16.0. The Morgan fingerprint density at radius 1 is 1.38 bits per heavy atom. The predicted molar refractivity (Wildman–Crippen MR) is 87.2 cm³/mol. The van der Waals surface area contributed by atoms with Crippen LogP contribution in [0, 0.1) is 5.92 Å². The van der Waals surface area contributed by atoms with Gasteiger partial charge in [0.15, 0.2) is 5.82 Å². The Morgan fingerprint density at radius 2 is 2.17 bits per heavy atom. The third-order valence-corrected chi connectivity index (χ3v) is 4.05. The summed E-state index contributed by atoms with van der Waals surface area (Å²) in [6, 6.07) is 5.48.